The highest BCUT2D eigenvalue weighted by atomic mass is 32.2. The Hall–Kier alpha value is -1.20. The standard InChI is InChI=1S/C16H22O4S/c1-20-15(17)10-9-13-7-4-8-14(11-21(18)19)16(13)12-5-2-3-6-12/h4,7-8,12H,2-3,5-6,9-11H2,1H3,(H,18,19). The van der Waals surface area contributed by atoms with E-state index in [1.165, 1.54) is 25.5 Å². The largest absolute Gasteiger partial charge is 0.469 e. The quantitative estimate of drug-likeness (QED) is 0.647. The minimum atomic E-state index is -1.84. The fourth-order valence-electron chi connectivity index (χ4n) is 3.22. The minimum Gasteiger partial charge on any atom is -0.469 e. The molecular weight excluding hydrogens is 288 g/mol. The van der Waals surface area contributed by atoms with Crippen molar-refractivity contribution in [3.63, 3.8) is 0 Å². The molecule has 0 heterocycles. The molecule has 1 aromatic rings. The molecule has 21 heavy (non-hydrogen) atoms. The third kappa shape index (κ3) is 4.38. The van der Waals surface area contributed by atoms with Gasteiger partial charge in [-0.05, 0) is 41.9 Å². The molecule has 1 aromatic carbocycles. The molecule has 1 aliphatic carbocycles. The molecule has 0 aliphatic heterocycles. The number of benzene rings is 1. The summed E-state index contributed by atoms with van der Waals surface area (Å²) in [6, 6.07) is 5.87. The molecule has 0 bridgehead atoms. The lowest BCUT2D eigenvalue weighted by Crippen LogP contribution is -2.09. The number of ether oxygens (including phenoxy) is 1. The number of hydrogen-bond acceptors (Lipinski definition) is 3. The van der Waals surface area contributed by atoms with Gasteiger partial charge in [0, 0.05) is 6.42 Å². The summed E-state index contributed by atoms with van der Waals surface area (Å²) in [5.74, 6) is 0.402. The van der Waals surface area contributed by atoms with Crippen molar-refractivity contribution in [2.24, 2.45) is 0 Å². The van der Waals surface area contributed by atoms with Gasteiger partial charge in [0.15, 0.2) is 11.1 Å². The Kier molecular flexibility index (Phi) is 5.94. The molecule has 0 saturated heterocycles. The predicted octanol–water partition coefficient (Wildman–Crippen LogP) is 3.17. The second-order valence-corrected chi connectivity index (χ2v) is 6.44. The van der Waals surface area contributed by atoms with Crippen LogP contribution in [0.15, 0.2) is 18.2 Å². The maximum Gasteiger partial charge on any atom is 0.305 e. The Morgan fingerprint density at radius 2 is 2.00 bits per heavy atom. The van der Waals surface area contributed by atoms with Crippen LogP contribution in [-0.4, -0.2) is 21.8 Å². The monoisotopic (exact) mass is 310 g/mol. The number of rotatable bonds is 6. The van der Waals surface area contributed by atoms with E-state index < -0.39 is 11.1 Å². The molecule has 5 heteroatoms. The zero-order valence-corrected chi connectivity index (χ0v) is 13.2. The van der Waals surface area contributed by atoms with Crippen molar-refractivity contribution >= 4 is 17.0 Å². The highest BCUT2D eigenvalue weighted by Crippen LogP contribution is 2.38. The average molecular weight is 310 g/mol. The molecule has 0 spiro atoms. The summed E-state index contributed by atoms with van der Waals surface area (Å²) in [6.07, 6.45) is 5.64. The van der Waals surface area contributed by atoms with Gasteiger partial charge in [-0.1, -0.05) is 31.0 Å². The predicted molar refractivity (Wildman–Crippen MR) is 82.5 cm³/mol. The molecule has 0 radical (unpaired) electrons. The maximum absolute atomic E-state index is 11.4. The lowest BCUT2D eigenvalue weighted by molar-refractivity contribution is -0.140. The third-order valence-corrected chi connectivity index (χ3v) is 4.71. The Labute approximate surface area is 128 Å². The highest BCUT2D eigenvalue weighted by molar-refractivity contribution is 7.78. The Morgan fingerprint density at radius 3 is 2.62 bits per heavy atom. The second-order valence-electron chi connectivity index (χ2n) is 5.51. The van der Waals surface area contributed by atoms with Gasteiger partial charge in [0.1, 0.15) is 0 Å². The molecule has 1 fully saturated rings. The molecule has 2 rings (SSSR count). The van der Waals surface area contributed by atoms with Gasteiger partial charge in [-0.15, -0.1) is 0 Å². The van der Waals surface area contributed by atoms with Crippen LogP contribution in [0.4, 0.5) is 0 Å². The molecule has 116 valence electrons. The molecule has 1 unspecified atom stereocenters. The van der Waals surface area contributed by atoms with E-state index in [4.69, 9.17) is 4.74 Å². The molecule has 1 atom stereocenters. The van der Waals surface area contributed by atoms with Crippen LogP contribution in [0.5, 0.6) is 0 Å². The van der Waals surface area contributed by atoms with Crippen LogP contribution in [0.1, 0.15) is 54.7 Å². The van der Waals surface area contributed by atoms with Crippen LogP contribution in [0.25, 0.3) is 0 Å². The molecule has 0 aromatic heterocycles. The van der Waals surface area contributed by atoms with Gasteiger partial charge >= 0.3 is 5.97 Å². The summed E-state index contributed by atoms with van der Waals surface area (Å²) in [5.41, 5.74) is 3.27. The van der Waals surface area contributed by atoms with Gasteiger partial charge in [0.25, 0.3) is 0 Å². The lowest BCUT2D eigenvalue weighted by atomic mass is 9.87. The zero-order valence-electron chi connectivity index (χ0n) is 12.3. The summed E-state index contributed by atoms with van der Waals surface area (Å²) >= 11 is -1.84. The van der Waals surface area contributed by atoms with E-state index in [1.807, 2.05) is 18.2 Å². The fraction of sp³-hybridized carbons (Fsp3) is 0.562. The first kappa shape index (κ1) is 16.2. The summed E-state index contributed by atoms with van der Waals surface area (Å²) in [6.45, 7) is 0. The average Bonchev–Trinajstić information content (AvgIpc) is 2.98. The highest BCUT2D eigenvalue weighted by Gasteiger charge is 2.23. The SMILES string of the molecule is COC(=O)CCc1cccc(CS(=O)O)c1C1CCCC1. The fourth-order valence-corrected chi connectivity index (χ4v) is 3.74. The first-order chi connectivity index (χ1) is 10.1. The summed E-state index contributed by atoms with van der Waals surface area (Å²) in [5, 5.41) is 0. The van der Waals surface area contributed by atoms with E-state index in [1.54, 1.807) is 0 Å². The van der Waals surface area contributed by atoms with E-state index in [2.05, 4.69) is 0 Å². The van der Waals surface area contributed by atoms with Gasteiger partial charge in [-0.25, -0.2) is 4.21 Å². The van der Waals surface area contributed by atoms with Gasteiger partial charge in [0.05, 0.1) is 12.9 Å². The van der Waals surface area contributed by atoms with E-state index in [0.29, 0.717) is 18.8 Å². The number of hydrogen-bond donors (Lipinski definition) is 1. The molecular formula is C16H22O4S. The van der Waals surface area contributed by atoms with Crippen LogP contribution in [0, 0.1) is 0 Å². The smallest absolute Gasteiger partial charge is 0.305 e. The van der Waals surface area contributed by atoms with Crippen molar-refractivity contribution in [1.29, 1.82) is 0 Å². The number of esters is 1. The topological polar surface area (TPSA) is 63.6 Å². The Bertz CT molecular complexity index is 521. The second kappa shape index (κ2) is 7.71. The van der Waals surface area contributed by atoms with Crippen LogP contribution < -0.4 is 0 Å². The van der Waals surface area contributed by atoms with Gasteiger partial charge in [-0.3, -0.25) is 4.79 Å². The van der Waals surface area contributed by atoms with E-state index in [9.17, 15) is 13.6 Å². The number of methoxy groups -OCH3 is 1. The van der Waals surface area contributed by atoms with Crippen molar-refractivity contribution in [3.8, 4) is 0 Å². The van der Waals surface area contributed by atoms with Gasteiger partial charge in [-0.2, -0.15) is 0 Å². The summed E-state index contributed by atoms with van der Waals surface area (Å²) in [7, 11) is 1.39. The van der Waals surface area contributed by atoms with Gasteiger partial charge in [0.2, 0.25) is 0 Å². The van der Waals surface area contributed by atoms with Crippen molar-refractivity contribution in [3.05, 3.63) is 34.9 Å². The van der Waals surface area contributed by atoms with Crippen LogP contribution in [0.2, 0.25) is 0 Å². The lowest BCUT2D eigenvalue weighted by Gasteiger charge is -2.19. The Balaban J connectivity index is 2.28. The maximum atomic E-state index is 11.4. The van der Waals surface area contributed by atoms with E-state index in [-0.39, 0.29) is 11.7 Å². The van der Waals surface area contributed by atoms with Crippen LogP contribution in [0.3, 0.4) is 0 Å². The molecule has 4 nitrogen and oxygen atoms in total. The zero-order chi connectivity index (χ0) is 15.2. The first-order valence-corrected chi connectivity index (χ1v) is 8.64. The number of aryl methyl sites for hydroxylation is 1. The number of carbonyl (C=O) groups is 1. The summed E-state index contributed by atoms with van der Waals surface area (Å²) < 4.78 is 25.1. The van der Waals surface area contributed by atoms with E-state index in [0.717, 1.165) is 24.0 Å². The third-order valence-electron chi connectivity index (χ3n) is 4.16. The van der Waals surface area contributed by atoms with Gasteiger partial charge < -0.3 is 9.29 Å². The Morgan fingerprint density at radius 1 is 1.33 bits per heavy atom. The van der Waals surface area contributed by atoms with Crippen molar-refractivity contribution in [2.45, 2.75) is 50.2 Å². The first-order valence-electron chi connectivity index (χ1n) is 7.36. The van der Waals surface area contributed by atoms with Crippen molar-refractivity contribution in [2.75, 3.05) is 7.11 Å². The molecule has 1 N–H and O–H groups in total. The van der Waals surface area contributed by atoms with Crippen LogP contribution >= 0.6 is 0 Å². The van der Waals surface area contributed by atoms with Crippen molar-refractivity contribution in [1.82, 2.24) is 0 Å². The molecule has 1 aliphatic rings. The minimum absolute atomic E-state index is 0.165. The van der Waals surface area contributed by atoms with E-state index >= 15 is 0 Å². The van der Waals surface area contributed by atoms with Crippen molar-refractivity contribution < 1.29 is 18.3 Å². The molecule has 1 saturated carbocycles. The molecule has 0 amide bonds. The number of carbonyl (C=O) groups excluding carboxylic acids is 1. The van der Waals surface area contributed by atoms with Crippen LogP contribution in [-0.2, 0) is 32.8 Å². The summed E-state index contributed by atoms with van der Waals surface area (Å²) in [4.78, 5) is 11.4. The normalized spacial score (nSPS) is 16.9.